The number of anilines is 1. The summed E-state index contributed by atoms with van der Waals surface area (Å²) in [6.07, 6.45) is 1.11. The minimum Gasteiger partial charge on any atom is -0.350 e. The predicted molar refractivity (Wildman–Crippen MR) is 137 cm³/mol. The van der Waals surface area contributed by atoms with Gasteiger partial charge in [-0.2, -0.15) is 0 Å². The van der Waals surface area contributed by atoms with Gasteiger partial charge in [0.1, 0.15) is 11.9 Å². The highest BCUT2D eigenvalue weighted by molar-refractivity contribution is 7.92. The standard InChI is InChI=1S/C25H33ClFN3O4S/c1-18(24(32)28-25(2,3)4)29(17-19-12-14-20(26)15-13-19)23(31)11-8-16-30(35(5,33)34)22-10-7-6-9-21(22)27/h6-7,9-10,12-15,18H,8,11,16-17H2,1-5H3,(H,28,32). The van der Waals surface area contributed by atoms with Gasteiger partial charge in [0.05, 0.1) is 11.9 Å². The zero-order chi connectivity index (χ0) is 26.4. The van der Waals surface area contributed by atoms with E-state index in [1.54, 1.807) is 37.3 Å². The first-order chi connectivity index (χ1) is 16.2. The molecule has 10 heteroatoms. The molecule has 0 fully saturated rings. The summed E-state index contributed by atoms with van der Waals surface area (Å²) in [6, 6.07) is 11.8. The van der Waals surface area contributed by atoms with Gasteiger partial charge in [-0.05, 0) is 63.9 Å². The Balaban J connectivity index is 2.19. The molecule has 0 aliphatic heterocycles. The zero-order valence-electron chi connectivity index (χ0n) is 20.7. The summed E-state index contributed by atoms with van der Waals surface area (Å²) in [6.45, 7) is 7.31. The number of hydrogen-bond donors (Lipinski definition) is 1. The molecule has 0 aliphatic rings. The number of nitrogens with zero attached hydrogens (tertiary/aromatic N) is 2. The van der Waals surface area contributed by atoms with Gasteiger partial charge in [-0.3, -0.25) is 13.9 Å². The number of sulfonamides is 1. The summed E-state index contributed by atoms with van der Waals surface area (Å²) in [7, 11) is -3.77. The number of nitrogens with one attached hydrogen (secondary N) is 1. The summed E-state index contributed by atoms with van der Waals surface area (Å²) in [5.41, 5.74) is 0.247. The maximum absolute atomic E-state index is 14.2. The lowest BCUT2D eigenvalue weighted by atomic mass is 10.1. The van der Waals surface area contributed by atoms with Gasteiger partial charge >= 0.3 is 0 Å². The number of amides is 2. The van der Waals surface area contributed by atoms with E-state index in [1.165, 1.54) is 23.1 Å². The Morgan fingerprint density at radius 2 is 1.69 bits per heavy atom. The van der Waals surface area contributed by atoms with Crippen molar-refractivity contribution in [2.24, 2.45) is 0 Å². The van der Waals surface area contributed by atoms with Crippen LogP contribution in [0.1, 0.15) is 46.1 Å². The van der Waals surface area contributed by atoms with E-state index in [4.69, 9.17) is 11.6 Å². The van der Waals surface area contributed by atoms with Crippen molar-refractivity contribution in [3.8, 4) is 0 Å². The lowest BCUT2D eigenvalue weighted by molar-refractivity contribution is -0.141. The average molecular weight is 526 g/mol. The molecule has 0 aliphatic carbocycles. The number of benzene rings is 2. The van der Waals surface area contributed by atoms with Crippen molar-refractivity contribution < 1.29 is 22.4 Å². The molecule has 7 nitrogen and oxygen atoms in total. The molecule has 1 N–H and O–H groups in total. The van der Waals surface area contributed by atoms with Gasteiger partial charge in [0.25, 0.3) is 0 Å². The molecule has 2 amide bonds. The van der Waals surface area contributed by atoms with E-state index in [9.17, 15) is 22.4 Å². The fraction of sp³-hybridized carbons (Fsp3) is 0.440. The van der Waals surface area contributed by atoms with Crippen LogP contribution in [0.5, 0.6) is 0 Å². The highest BCUT2D eigenvalue weighted by atomic mass is 35.5. The molecule has 2 aromatic carbocycles. The van der Waals surface area contributed by atoms with E-state index in [-0.39, 0.29) is 43.4 Å². The summed E-state index contributed by atoms with van der Waals surface area (Å²) in [4.78, 5) is 27.5. The van der Waals surface area contributed by atoms with Gasteiger partial charge in [0, 0.05) is 30.1 Å². The van der Waals surface area contributed by atoms with Crippen molar-refractivity contribution in [2.45, 2.75) is 58.7 Å². The summed E-state index contributed by atoms with van der Waals surface area (Å²) in [5, 5.41) is 3.44. The maximum Gasteiger partial charge on any atom is 0.242 e. The number of para-hydroxylation sites is 1. The highest BCUT2D eigenvalue weighted by Crippen LogP contribution is 2.22. The summed E-state index contributed by atoms with van der Waals surface area (Å²) < 4.78 is 39.8. The van der Waals surface area contributed by atoms with Crippen molar-refractivity contribution in [3.05, 3.63) is 64.9 Å². The second kappa shape index (κ2) is 11.9. The number of halogens is 2. The SMILES string of the molecule is CC(C(=O)NC(C)(C)C)N(Cc1ccc(Cl)cc1)C(=O)CCCN(c1ccccc1F)S(C)(=O)=O. The maximum atomic E-state index is 14.2. The fourth-order valence-electron chi connectivity index (χ4n) is 3.48. The van der Waals surface area contributed by atoms with Crippen LogP contribution in [0.4, 0.5) is 10.1 Å². The van der Waals surface area contributed by atoms with E-state index in [0.29, 0.717) is 5.02 Å². The van der Waals surface area contributed by atoms with E-state index in [2.05, 4.69) is 5.32 Å². The first-order valence-corrected chi connectivity index (χ1v) is 13.5. The van der Waals surface area contributed by atoms with Gasteiger partial charge in [0.15, 0.2) is 0 Å². The van der Waals surface area contributed by atoms with Crippen molar-refractivity contribution in [1.82, 2.24) is 10.2 Å². The van der Waals surface area contributed by atoms with Gasteiger partial charge in [-0.15, -0.1) is 0 Å². The predicted octanol–water partition coefficient (Wildman–Crippen LogP) is 4.36. The van der Waals surface area contributed by atoms with Crippen LogP contribution in [-0.4, -0.2) is 49.5 Å². The molecule has 0 spiro atoms. The van der Waals surface area contributed by atoms with Crippen LogP contribution in [0.25, 0.3) is 0 Å². The molecule has 0 bridgehead atoms. The quantitative estimate of drug-likeness (QED) is 0.499. The van der Waals surface area contributed by atoms with Gasteiger partial charge in [0.2, 0.25) is 21.8 Å². The topological polar surface area (TPSA) is 86.8 Å². The average Bonchev–Trinajstić information content (AvgIpc) is 2.74. The highest BCUT2D eigenvalue weighted by Gasteiger charge is 2.29. The largest absolute Gasteiger partial charge is 0.350 e. The molecule has 0 radical (unpaired) electrons. The van der Waals surface area contributed by atoms with E-state index in [1.807, 2.05) is 20.8 Å². The number of carbonyl (C=O) groups is 2. The third-order valence-corrected chi connectivity index (χ3v) is 6.64. The Kier molecular flexibility index (Phi) is 9.68. The third kappa shape index (κ3) is 8.81. The van der Waals surface area contributed by atoms with Crippen LogP contribution in [0, 0.1) is 5.82 Å². The summed E-state index contributed by atoms with van der Waals surface area (Å²) >= 11 is 5.97. The lowest BCUT2D eigenvalue weighted by Crippen LogP contribution is -2.52. The Morgan fingerprint density at radius 1 is 1.09 bits per heavy atom. The molecule has 0 aromatic heterocycles. The molecular weight excluding hydrogens is 493 g/mol. The van der Waals surface area contributed by atoms with Crippen LogP contribution in [0.2, 0.25) is 5.02 Å². The normalized spacial score (nSPS) is 12.7. The molecular formula is C25H33ClFN3O4S. The Morgan fingerprint density at radius 3 is 2.23 bits per heavy atom. The molecule has 1 unspecified atom stereocenters. The molecule has 1 atom stereocenters. The van der Waals surface area contributed by atoms with Crippen LogP contribution >= 0.6 is 11.6 Å². The van der Waals surface area contributed by atoms with Crippen molar-refractivity contribution in [2.75, 3.05) is 17.1 Å². The van der Waals surface area contributed by atoms with E-state index < -0.39 is 27.4 Å². The Hall–Kier alpha value is -2.65. The van der Waals surface area contributed by atoms with Crippen LogP contribution in [-0.2, 0) is 26.2 Å². The smallest absolute Gasteiger partial charge is 0.242 e. The van der Waals surface area contributed by atoms with Crippen molar-refractivity contribution >= 4 is 39.1 Å². The second-order valence-corrected chi connectivity index (χ2v) is 11.8. The Bertz CT molecular complexity index is 1130. The Labute approximate surface area is 212 Å². The molecule has 0 heterocycles. The van der Waals surface area contributed by atoms with Crippen LogP contribution in [0.3, 0.4) is 0 Å². The summed E-state index contributed by atoms with van der Waals surface area (Å²) in [5.74, 6) is -1.29. The van der Waals surface area contributed by atoms with E-state index >= 15 is 0 Å². The molecule has 192 valence electrons. The first kappa shape index (κ1) is 28.6. The third-order valence-electron chi connectivity index (χ3n) is 5.20. The fourth-order valence-corrected chi connectivity index (χ4v) is 4.57. The number of rotatable bonds is 10. The van der Waals surface area contributed by atoms with E-state index in [0.717, 1.165) is 16.1 Å². The zero-order valence-corrected chi connectivity index (χ0v) is 22.3. The molecule has 2 aromatic rings. The lowest BCUT2D eigenvalue weighted by Gasteiger charge is -2.32. The minimum absolute atomic E-state index is 0.0266. The first-order valence-electron chi connectivity index (χ1n) is 11.3. The molecule has 0 saturated heterocycles. The number of hydrogen-bond acceptors (Lipinski definition) is 4. The monoisotopic (exact) mass is 525 g/mol. The van der Waals surface area contributed by atoms with Gasteiger partial charge in [-0.1, -0.05) is 35.9 Å². The van der Waals surface area contributed by atoms with Crippen LogP contribution < -0.4 is 9.62 Å². The second-order valence-electron chi connectivity index (χ2n) is 9.45. The van der Waals surface area contributed by atoms with Crippen molar-refractivity contribution in [3.63, 3.8) is 0 Å². The molecule has 35 heavy (non-hydrogen) atoms. The molecule has 0 saturated carbocycles. The molecule has 2 rings (SSSR count). The van der Waals surface area contributed by atoms with Crippen molar-refractivity contribution in [1.29, 1.82) is 0 Å². The van der Waals surface area contributed by atoms with Crippen LogP contribution in [0.15, 0.2) is 48.5 Å². The van der Waals surface area contributed by atoms with Gasteiger partial charge in [-0.25, -0.2) is 12.8 Å². The number of carbonyl (C=O) groups excluding carboxylic acids is 2. The minimum atomic E-state index is -3.77. The van der Waals surface area contributed by atoms with Gasteiger partial charge < -0.3 is 10.2 Å².